The third kappa shape index (κ3) is 12.9. The van der Waals surface area contributed by atoms with E-state index in [2.05, 4.69) is 74.9 Å². The van der Waals surface area contributed by atoms with E-state index in [0.29, 0.717) is 10.5 Å². The summed E-state index contributed by atoms with van der Waals surface area (Å²) in [4.78, 5) is 58.9. The minimum atomic E-state index is -0.729. The van der Waals surface area contributed by atoms with Gasteiger partial charge in [-0.1, -0.05) is 12.8 Å². The first-order valence-electron chi connectivity index (χ1n) is 20.6. The zero-order valence-electron chi connectivity index (χ0n) is 33.8. The summed E-state index contributed by atoms with van der Waals surface area (Å²) in [6.45, 7) is 0. The Hall–Kier alpha value is -6.14. The number of fused-ring (bicyclic) bond motifs is 10. The van der Waals surface area contributed by atoms with Crippen molar-refractivity contribution >= 4 is 93.9 Å². The summed E-state index contributed by atoms with van der Waals surface area (Å²) < 4.78 is 9.17. The highest BCUT2D eigenvalue weighted by molar-refractivity contribution is 8.00. The van der Waals surface area contributed by atoms with Crippen LogP contribution in [0.15, 0.2) is 73.6 Å². The lowest BCUT2D eigenvalue weighted by molar-refractivity contribution is -0.138. The maximum Gasteiger partial charge on any atom is 0.315 e. The summed E-state index contributed by atoms with van der Waals surface area (Å²) in [5.74, 6) is 0.473. The molecule has 7 aliphatic rings. The monoisotopic (exact) mass is 882 g/mol. The highest BCUT2D eigenvalue weighted by Crippen LogP contribution is 2.34. The normalized spacial score (nSPS) is 23.0. The molecule has 10 rings (SSSR count). The maximum absolute atomic E-state index is 11.1. The number of nitrogens with one attached hydrogen (secondary N) is 6. The summed E-state index contributed by atoms with van der Waals surface area (Å²) in [5, 5.41) is 29.6. The van der Waals surface area contributed by atoms with E-state index < -0.39 is 11.9 Å². The molecule has 0 aromatic carbocycles. The van der Waals surface area contributed by atoms with Crippen molar-refractivity contribution in [2.75, 3.05) is 11.5 Å². The summed E-state index contributed by atoms with van der Waals surface area (Å²) in [5.41, 5.74) is 7.86. The highest BCUT2D eigenvalue weighted by atomic mass is 32.2. The molecule has 4 saturated heterocycles. The summed E-state index contributed by atoms with van der Waals surface area (Å²) in [6, 6.07) is 17.2. The van der Waals surface area contributed by atoms with Crippen molar-refractivity contribution in [3.8, 4) is 0 Å². The highest BCUT2D eigenvalue weighted by Gasteiger charge is 2.43. The summed E-state index contributed by atoms with van der Waals surface area (Å²) in [7, 11) is 0. The first kappa shape index (κ1) is 43.9. The number of carboxylic acids is 2. The van der Waals surface area contributed by atoms with Gasteiger partial charge in [0.25, 0.3) is 0 Å². The number of amides is 4. The van der Waals surface area contributed by atoms with Crippen LogP contribution in [0.2, 0.25) is 0 Å². The molecule has 0 aliphatic carbocycles. The van der Waals surface area contributed by atoms with Crippen LogP contribution < -0.4 is 21.3 Å². The van der Waals surface area contributed by atoms with Gasteiger partial charge in [0.15, 0.2) is 0 Å². The number of aromatic amines is 2. The molecule has 3 aromatic rings. The average molecular weight is 883 g/mol. The molecule has 62 heavy (non-hydrogen) atoms. The van der Waals surface area contributed by atoms with Gasteiger partial charge in [-0.05, 0) is 98.5 Å². The Balaban J connectivity index is 0.000000135. The molecule has 4 fully saturated rings. The lowest BCUT2D eigenvalue weighted by Gasteiger charge is -2.16. The van der Waals surface area contributed by atoms with Gasteiger partial charge in [-0.25, -0.2) is 19.6 Å². The molecule has 16 nitrogen and oxygen atoms in total. The second-order valence-corrected chi connectivity index (χ2v) is 17.8. The van der Waals surface area contributed by atoms with Crippen molar-refractivity contribution in [3.63, 3.8) is 0 Å². The molecule has 0 spiro atoms. The molecule has 18 heteroatoms. The van der Waals surface area contributed by atoms with Crippen molar-refractivity contribution in [1.29, 1.82) is 0 Å². The number of hydrogen-bond acceptors (Lipinski definition) is 10. The molecule has 0 unspecified atom stereocenters. The first-order valence-corrected chi connectivity index (χ1v) is 22.7. The fourth-order valence-corrected chi connectivity index (χ4v) is 10.8. The topological polar surface area (TPSA) is 233 Å². The largest absolute Gasteiger partial charge is 0.481 e. The number of urea groups is 2. The van der Waals surface area contributed by atoms with Gasteiger partial charge in [-0.15, -0.1) is 0 Å². The second kappa shape index (κ2) is 21.6. The van der Waals surface area contributed by atoms with Crippen molar-refractivity contribution < 1.29 is 38.9 Å². The van der Waals surface area contributed by atoms with Crippen LogP contribution in [0.3, 0.4) is 0 Å². The van der Waals surface area contributed by atoms with Gasteiger partial charge in [-0.3, -0.25) is 9.59 Å². The second-order valence-electron chi connectivity index (χ2n) is 15.2. The fourth-order valence-electron chi connectivity index (χ4n) is 7.69. The predicted molar refractivity (Wildman–Crippen MR) is 242 cm³/mol. The van der Waals surface area contributed by atoms with E-state index >= 15 is 0 Å². The van der Waals surface area contributed by atoms with E-state index in [1.165, 1.54) is 25.0 Å². The zero-order chi connectivity index (χ0) is 43.3. The molecule has 0 radical (unpaired) electrons. The molecule has 8 bridgehead atoms. The average Bonchev–Trinajstić information content (AvgIpc) is 4.11. The molecule has 8 N–H and O–H groups in total. The number of ether oxygens (including phenoxy) is 2. The van der Waals surface area contributed by atoms with Gasteiger partial charge in [0.2, 0.25) is 0 Å². The molecule has 3 aromatic heterocycles. The SMILES string of the molecule is C1=COC=CO1.C1=Cc2cc3ccc(cc4nc(cc5ccc(cc1n2)[nH]5)C=C4)[nH]3.O=C(O)CCCC[C@@H]1SC[C@@H]2NC(=O)N[C@@H]21.O=C(O)CCCC[C@@H]1SC[C@@H]2NC(=O)N[C@@H]21. The molecule has 326 valence electrons. The van der Waals surface area contributed by atoms with Crippen LogP contribution in [0.4, 0.5) is 9.59 Å². The molecule has 0 saturated carbocycles. The number of nitrogens with zero attached hydrogens (tertiary/aromatic N) is 2. The number of thioether (sulfide) groups is 2. The van der Waals surface area contributed by atoms with E-state index in [0.717, 1.165) is 94.9 Å². The van der Waals surface area contributed by atoms with Gasteiger partial charge in [-0.2, -0.15) is 23.5 Å². The standard InChI is InChI=1S/C20H14N4.2C10H16N2O3S.C4H4O2/c1-2-14-10-16-5-6-18(23-16)12-20-8-7-19(24-20)11-17-4-3-15(22-17)9-13(1)21-14;2*13-8(14)4-2-1-3-7-9-6(5-16-7)11-10(15)12-9;1-2-6-4-3-5-1/h1-12,21,24H;2*6-7,9H,1-5H2,(H,13,14)(H2,11,12,15);1-4H/t;2*6-,7-,9-;/m.00./s1. The minimum Gasteiger partial charge on any atom is -0.481 e. The van der Waals surface area contributed by atoms with Crippen molar-refractivity contribution in [2.24, 2.45) is 0 Å². The number of hydrogen-bond donors (Lipinski definition) is 8. The number of aromatic nitrogens is 4. The van der Waals surface area contributed by atoms with Crippen molar-refractivity contribution in [2.45, 2.75) is 86.0 Å². The van der Waals surface area contributed by atoms with Crippen LogP contribution in [0.1, 0.15) is 74.1 Å². The first-order chi connectivity index (χ1) is 30.1. The zero-order valence-corrected chi connectivity index (χ0v) is 35.5. The predicted octanol–water partition coefficient (Wildman–Crippen LogP) is 7.22. The number of rotatable bonds is 10. The van der Waals surface area contributed by atoms with Crippen LogP contribution in [-0.4, -0.2) is 100 Å². The van der Waals surface area contributed by atoms with Crippen molar-refractivity contribution in [3.05, 3.63) is 96.4 Å². The van der Waals surface area contributed by atoms with Gasteiger partial charge in [0.05, 0.1) is 46.9 Å². The lowest BCUT2D eigenvalue weighted by Crippen LogP contribution is -2.36. The van der Waals surface area contributed by atoms with Crippen molar-refractivity contribution in [1.82, 2.24) is 41.2 Å². The van der Waals surface area contributed by atoms with Gasteiger partial charge in [0, 0.05) is 56.9 Å². The van der Waals surface area contributed by atoms with Crippen LogP contribution >= 0.6 is 23.5 Å². The molecule has 10 heterocycles. The number of aliphatic carboxylic acids is 2. The smallest absolute Gasteiger partial charge is 0.315 e. The Morgan fingerprint density at radius 3 is 1.24 bits per heavy atom. The third-order valence-corrected chi connectivity index (χ3v) is 13.6. The number of H-pyrrole nitrogens is 2. The number of carbonyl (C=O) groups is 4. The molecule has 7 aliphatic heterocycles. The van der Waals surface area contributed by atoms with Gasteiger partial charge >= 0.3 is 24.0 Å². The number of carboxylic acid groups (broad SMARTS) is 2. The Kier molecular flexibility index (Phi) is 15.3. The fraction of sp³-hybridized carbons (Fsp3) is 0.364. The van der Waals surface area contributed by atoms with E-state index in [1.54, 1.807) is 0 Å². The Morgan fingerprint density at radius 1 is 0.565 bits per heavy atom. The minimum absolute atomic E-state index is 0.0640. The van der Waals surface area contributed by atoms with E-state index in [1.807, 2.05) is 72.1 Å². The van der Waals surface area contributed by atoms with Crippen LogP contribution in [0.25, 0.3) is 46.4 Å². The molecule has 4 amide bonds. The third-order valence-electron chi connectivity index (χ3n) is 10.6. The quantitative estimate of drug-likeness (QED) is 0.0513. The number of carbonyl (C=O) groups excluding carboxylic acids is 2. The van der Waals surface area contributed by atoms with Crippen LogP contribution in [0, 0.1) is 0 Å². The van der Waals surface area contributed by atoms with Crippen LogP contribution in [-0.2, 0) is 19.1 Å². The molecular weight excluding hydrogens is 833 g/mol. The summed E-state index contributed by atoms with van der Waals surface area (Å²) in [6.07, 6.45) is 19.7. The van der Waals surface area contributed by atoms with E-state index in [-0.39, 0.29) is 49.1 Å². The molecular formula is C44H50N8O8S2. The Bertz CT molecular complexity index is 2130. The maximum atomic E-state index is 11.1. The molecule has 6 atom stereocenters. The Labute approximate surface area is 366 Å². The van der Waals surface area contributed by atoms with Crippen LogP contribution in [0.5, 0.6) is 0 Å². The van der Waals surface area contributed by atoms with E-state index in [9.17, 15) is 19.2 Å². The van der Waals surface area contributed by atoms with Gasteiger partial charge < -0.3 is 50.9 Å². The van der Waals surface area contributed by atoms with E-state index in [4.69, 9.17) is 10.2 Å². The lowest BCUT2D eigenvalue weighted by atomic mass is 10.0. The summed E-state index contributed by atoms with van der Waals surface area (Å²) >= 11 is 3.74. The Morgan fingerprint density at radius 2 is 0.919 bits per heavy atom. The number of unbranched alkanes of at least 4 members (excludes halogenated alkanes) is 2. The van der Waals surface area contributed by atoms with Gasteiger partial charge in [0.1, 0.15) is 25.0 Å².